The van der Waals surface area contributed by atoms with E-state index < -0.39 is 12.1 Å². The number of carbonyl (C=O) groups excluding carboxylic acids is 2. The molecule has 0 bridgehead atoms. The first-order chi connectivity index (χ1) is 41.5. The molecule has 0 aromatic rings. The molecule has 0 aromatic carbocycles. The molecule has 0 aliphatic rings. The summed E-state index contributed by atoms with van der Waals surface area (Å²) in [4.78, 5) is 24.6. The molecule has 0 spiro atoms. The second kappa shape index (κ2) is 74.1. The van der Waals surface area contributed by atoms with Crippen LogP contribution in [0.3, 0.4) is 0 Å². The molecule has 3 N–H and O–H groups in total. The molecule has 2 unspecified atom stereocenters. The fourth-order valence-corrected chi connectivity index (χ4v) is 12.6. The van der Waals surface area contributed by atoms with Gasteiger partial charge in [0, 0.05) is 12.8 Å². The first-order valence-corrected chi connectivity index (χ1v) is 38.9. The standard InChI is InChI=1S/C78H153NO5/c1-3-5-7-9-11-13-15-17-19-21-36-39-42-46-50-54-58-62-66-70-76(81)75(74-80)79-77(82)71-67-63-59-55-51-47-43-40-37-34-32-30-28-26-24-22-23-25-27-29-31-33-35-38-41-45-49-53-57-61-65-69-73-84-78(83)72-68-64-60-56-52-48-44-20-18-16-14-12-10-8-6-4-2/h20,44,75-76,80-81H,3-19,21-43,45-74H2,1-2H3,(H,79,82)/b44-20-. The van der Waals surface area contributed by atoms with Gasteiger partial charge in [0.05, 0.1) is 25.4 Å². The molecule has 0 fully saturated rings. The summed E-state index contributed by atoms with van der Waals surface area (Å²) in [6, 6.07) is -0.538. The highest BCUT2D eigenvalue weighted by Crippen LogP contribution is 2.20. The number of aliphatic hydroxyl groups excluding tert-OH is 2. The third-order valence-corrected chi connectivity index (χ3v) is 18.6. The van der Waals surface area contributed by atoms with E-state index in [2.05, 4.69) is 31.3 Å². The van der Waals surface area contributed by atoms with Gasteiger partial charge in [0.15, 0.2) is 0 Å². The Morgan fingerprint density at radius 3 is 0.845 bits per heavy atom. The van der Waals surface area contributed by atoms with Crippen LogP contribution in [0.2, 0.25) is 0 Å². The van der Waals surface area contributed by atoms with E-state index in [0.717, 1.165) is 44.9 Å². The van der Waals surface area contributed by atoms with Gasteiger partial charge in [-0.05, 0) is 51.4 Å². The van der Waals surface area contributed by atoms with Gasteiger partial charge in [-0.2, -0.15) is 0 Å². The van der Waals surface area contributed by atoms with Gasteiger partial charge >= 0.3 is 5.97 Å². The highest BCUT2D eigenvalue weighted by Gasteiger charge is 2.20. The SMILES string of the molecule is CCCCCCCCC/C=C\CCCCCCCC(=O)OCCCCCCCCCCCCCCCCCCCCCCCCCCCCCCCCCCC(=O)NC(CO)C(O)CCCCCCCCCCCCCCCCCCCCC. The van der Waals surface area contributed by atoms with Gasteiger partial charge in [0.2, 0.25) is 5.91 Å². The Morgan fingerprint density at radius 2 is 0.560 bits per heavy atom. The molecule has 0 radical (unpaired) electrons. The number of nitrogens with one attached hydrogen (secondary N) is 1. The van der Waals surface area contributed by atoms with E-state index in [1.807, 2.05) is 0 Å². The fourth-order valence-electron chi connectivity index (χ4n) is 12.6. The van der Waals surface area contributed by atoms with Crippen molar-refractivity contribution in [1.82, 2.24) is 5.32 Å². The Kier molecular flexibility index (Phi) is 72.8. The van der Waals surface area contributed by atoms with Crippen molar-refractivity contribution in [3.8, 4) is 0 Å². The second-order valence-corrected chi connectivity index (χ2v) is 27.0. The maximum Gasteiger partial charge on any atom is 0.305 e. The molecule has 0 rings (SSSR count). The number of ether oxygens (including phenoxy) is 1. The number of aliphatic hydroxyl groups is 2. The van der Waals surface area contributed by atoms with Gasteiger partial charge in [-0.25, -0.2) is 0 Å². The van der Waals surface area contributed by atoms with Crippen LogP contribution in [0, 0.1) is 0 Å². The van der Waals surface area contributed by atoms with Gasteiger partial charge in [0.1, 0.15) is 0 Å². The monoisotopic (exact) mass is 1180 g/mol. The van der Waals surface area contributed by atoms with E-state index in [-0.39, 0.29) is 18.5 Å². The highest BCUT2D eigenvalue weighted by molar-refractivity contribution is 5.76. The van der Waals surface area contributed by atoms with E-state index in [1.165, 1.54) is 372 Å². The Balaban J connectivity index is 3.32. The predicted octanol–water partition coefficient (Wildman–Crippen LogP) is 25.5. The van der Waals surface area contributed by atoms with Crippen LogP contribution in [0.5, 0.6) is 0 Å². The zero-order valence-corrected chi connectivity index (χ0v) is 57.4. The molecule has 6 heteroatoms. The van der Waals surface area contributed by atoms with Crippen molar-refractivity contribution in [2.24, 2.45) is 0 Å². The summed E-state index contributed by atoms with van der Waals surface area (Å²) in [5.41, 5.74) is 0. The number of esters is 1. The smallest absolute Gasteiger partial charge is 0.305 e. The van der Waals surface area contributed by atoms with Crippen LogP contribution in [0.25, 0.3) is 0 Å². The summed E-state index contributed by atoms with van der Waals surface area (Å²) in [7, 11) is 0. The quantitative estimate of drug-likeness (QED) is 0.0320. The van der Waals surface area contributed by atoms with Crippen LogP contribution >= 0.6 is 0 Å². The number of rotatable bonds is 74. The summed E-state index contributed by atoms with van der Waals surface area (Å²) in [5.74, 6) is -0.0103. The summed E-state index contributed by atoms with van der Waals surface area (Å²) in [5, 5.41) is 23.4. The Bertz CT molecular complexity index is 1270. The number of hydrogen-bond donors (Lipinski definition) is 3. The Hall–Kier alpha value is -1.40. The third kappa shape index (κ3) is 69.7. The average Bonchev–Trinajstić information content (AvgIpc) is 3.53. The Labute approximate surface area is 527 Å². The summed E-state index contributed by atoms with van der Waals surface area (Å²) in [6.07, 6.45) is 93.0. The van der Waals surface area contributed by atoms with Crippen molar-refractivity contribution >= 4 is 11.9 Å². The first-order valence-electron chi connectivity index (χ1n) is 38.9. The number of hydrogen-bond acceptors (Lipinski definition) is 5. The average molecular weight is 1190 g/mol. The zero-order valence-electron chi connectivity index (χ0n) is 57.4. The molecule has 6 nitrogen and oxygen atoms in total. The molecule has 0 aliphatic carbocycles. The summed E-state index contributed by atoms with van der Waals surface area (Å²) < 4.78 is 5.50. The van der Waals surface area contributed by atoms with E-state index in [9.17, 15) is 19.8 Å². The van der Waals surface area contributed by atoms with Gasteiger partial charge < -0.3 is 20.3 Å². The van der Waals surface area contributed by atoms with Crippen molar-refractivity contribution in [2.45, 2.75) is 463 Å². The van der Waals surface area contributed by atoms with E-state index in [1.54, 1.807) is 0 Å². The van der Waals surface area contributed by atoms with Crippen LogP contribution in [-0.4, -0.2) is 47.4 Å². The molecular formula is C78H153NO5. The lowest BCUT2D eigenvalue weighted by Crippen LogP contribution is -2.45. The lowest BCUT2D eigenvalue weighted by Gasteiger charge is -2.22. The molecule has 84 heavy (non-hydrogen) atoms. The third-order valence-electron chi connectivity index (χ3n) is 18.6. The fraction of sp³-hybridized carbons (Fsp3) is 0.949. The highest BCUT2D eigenvalue weighted by atomic mass is 16.5. The minimum atomic E-state index is -0.661. The Morgan fingerprint density at radius 1 is 0.321 bits per heavy atom. The number of carbonyl (C=O) groups is 2. The van der Waals surface area contributed by atoms with Crippen LogP contribution in [0.1, 0.15) is 450 Å². The molecule has 0 aromatic heterocycles. The molecule has 0 saturated heterocycles. The summed E-state index contributed by atoms with van der Waals surface area (Å²) >= 11 is 0. The minimum absolute atomic E-state index is 0.0150. The number of unbranched alkanes of at least 4 members (excludes halogenated alkanes) is 61. The van der Waals surface area contributed by atoms with Crippen LogP contribution in [0.15, 0.2) is 12.2 Å². The van der Waals surface area contributed by atoms with Gasteiger partial charge in [-0.15, -0.1) is 0 Å². The van der Waals surface area contributed by atoms with Crippen LogP contribution < -0.4 is 5.32 Å². The van der Waals surface area contributed by atoms with Gasteiger partial charge in [-0.1, -0.05) is 398 Å². The van der Waals surface area contributed by atoms with Crippen LogP contribution in [-0.2, 0) is 14.3 Å². The molecule has 2 atom stereocenters. The van der Waals surface area contributed by atoms with Gasteiger partial charge in [-0.3, -0.25) is 9.59 Å². The van der Waals surface area contributed by atoms with Crippen molar-refractivity contribution in [2.75, 3.05) is 13.2 Å². The van der Waals surface area contributed by atoms with E-state index in [0.29, 0.717) is 25.9 Å². The second-order valence-electron chi connectivity index (χ2n) is 27.0. The van der Waals surface area contributed by atoms with Crippen molar-refractivity contribution < 1.29 is 24.5 Å². The molecule has 0 saturated carbocycles. The summed E-state index contributed by atoms with van der Waals surface area (Å²) in [6.45, 7) is 5.00. The molecular weight excluding hydrogens is 1030 g/mol. The predicted molar refractivity (Wildman–Crippen MR) is 370 cm³/mol. The zero-order chi connectivity index (χ0) is 60.6. The maximum absolute atomic E-state index is 12.6. The maximum atomic E-state index is 12.6. The van der Waals surface area contributed by atoms with Crippen molar-refractivity contribution in [3.63, 3.8) is 0 Å². The number of allylic oxidation sites excluding steroid dienone is 2. The first kappa shape index (κ1) is 82.6. The topological polar surface area (TPSA) is 95.9 Å². The molecule has 1 amide bonds. The largest absolute Gasteiger partial charge is 0.466 e. The molecule has 500 valence electrons. The van der Waals surface area contributed by atoms with Gasteiger partial charge in [0.25, 0.3) is 0 Å². The van der Waals surface area contributed by atoms with Crippen LogP contribution in [0.4, 0.5) is 0 Å². The molecule has 0 heterocycles. The lowest BCUT2D eigenvalue weighted by atomic mass is 10.0. The molecule has 0 aliphatic heterocycles. The van der Waals surface area contributed by atoms with Crippen molar-refractivity contribution in [3.05, 3.63) is 12.2 Å². The van der Waals surface area contributed by atoms with E-state index >= 15 is 0 Å². The number of amides is 1. The normalized spacial score (nSPS) is 12.5. The van der Waals surface area contributed by atoms with E-state index in [4.69, 9.17) is 4.74 Å². The minimum Gasteiger partial charge on any atom is -0.466 e. The van der Waals surface area contributed by atoms with Crippen molar-refractivity contribution in [1.29, 1.82) is 0 Å². The lowest BCUT2D eigenvalue weighted by molar-refractivity contribution is -0.143.